The standard InChI is InChI=1S/C11H13NO2/c13-12-10-6-7-14-11(8-10)9-4-2-1-3-5-9/h1-5,11,13H,6-8H2/b12-10+. The number of rotatable bonds is 1. The van der Waals surface area contributed by atoms with Gasteiger partial charge in [-0.1, -0.05) is 35.5 Å². The van der Waals surface area contributed by atoms with Crippen LogP contribution in [0.3, 0.4) is 0 Å². The van der Waals surface area contributed by atoms with Crippen LogP contribution in [0.15, 0.2) is 35.5 Å². The van der Waals surface area contributed by atoms with Crippen molar-refractivity contribution in [3.05, 3.63) is 35.9 Å². The molecule has 1 aromatic carbocycles. The van der Waals surface area contributed by atoms with E-state index in [4.69, 9.17) is 9.94 Å². The highest BCUT2D eigenvalue weighted by atomic mass is 16.5. The Labute approximate surface area is 83.0 Å². The summed E-state index contributed by atoms with van der Waals surface area (Å²) >= 11 is 0. The average molecular weight is 191 g/mol. The van der Waals surface area contributed by atoms with E-state index in [0.717, 1.165) is 17.7 Å². The van der Waals surface area contributed by atoms with E-state index in [2.05, 4.69) is 5.16 Å². The van der Waals surface area contributed by atoms with Gasteiger partial charge in [0.1, 0.15) is 0 Å². The molecule has 0 saturated carbocycles. The molecular formula is C11H13NO2. The smallest absolute Gasteiger partial charge is 0.0878 e. The SMILES string of the molecule is O/N=C1\CCOC(c2ccccc2)C1. The molecule has 1 saturated heterocycles. The Morgan fingerprint density at radius 1 is 1.29 bits per heavy atom. The van der Waals surface area contributed by atoms with Crippen LogP contribution in [0.1, 0.15) is 24.5 Å². The van der Waals surface area contributed by atoms with Gasteiger partial charge in [0, 0.05) is 12.8 Å². The lowest BCUT2D eigenvalue weighted by Gasteiger charge is -2.23. The second kappa shape index (κ2) is 4.24. The fraction of sp³-hybridized carbons (Fsp3) is 0.364. The maximum absolute atomic E-state index is 8.69. The summed E-state index contributed by atoms with van der Waals surface area (Å²) in [5, 5.41) is 11.9. The van der Waals surface area contributed by atoms with Crippen molar-refractivity contribution in [1.29, 1.82) is 0 Å². The van der Waals surface area contributed by atoms with Crippen LogP contribution in [-0.4, -0.2) is 17.5 Å². The molecule has 0 bridgehead atoms. The zero-order valence-corrected chi connectivity index (χ0v) is 7.89. The first-order valence-electron chi connectivity index (χ1n) is 4.76. The minimum Gasteiger partial charge on any atom is -0.411 e. The lowest BCUT2D eigenvalue weighted by Crippen LogP contribution is -2.19. The average Bonchev–Trinajstić information content (AvgIpc) is 2.30. The van der Waals surface area contributed by atoms with Crippen molar-refractivity contribution in [2.24, 2.45) is 5.16 Å². The van der Waals surface area contributed by atoms with Gasteiger partial charge in [-0.2, -0.15) is 0 Å². The van der Waals surface area contributed by atoms with E-state index < -0.39 is 0 Å². The molecule has 1 N–H and O–H groups in total. The molecule has 14 heavy (non-hydrogen) atoms. The fourth-order valence-corrected chi connectivity index (χ4v) is 1.67. The molecule has 74 valence electrons. The minimum absolute atomic E-state index is 0.0517. The summed E-state index contributed by atoms with van der Waals surface area (Å²) in [4.78, 5) is 0. The van der Waals surface area contributed by atoms with Crippen LogP contribution in [0, 0.1) is 0 Å². The van der Waals surface area contributed by atoms with Crippen LogP contribution in [0.2, 0.25) is 0 Å². The highest BCUT2D eigenvalue weighted by Gasteiger charge is 2.20. The van der Waals surface area contributed by atoms with E-state index in [-0.39, 0.29) is 6.10 Å². The zero-order chi connectivity index (χ0) is 9.80. The molecule has 0 radical (unpaired) electrons. The van der Waals surface area contributed by atoms with E-state index in [0.29, 0.717) is 13.0 Å². The van der Waals surface area contributed by atoms with Gasteiger partial charge in [0.25, 0.3) is 0 Å². The molecule has 3 nitrogen and oxygen atoms in total. The summed E-state index contributed by atoms with van der Waals surface area (Å²) in [6.07, 6.45) is 1.48. The van der Waals surface area contributed by atoms with Crippen LogP contribution in [0.5, 0.6) is 0 Å². The first-order valence-corrected chi connectivity index (χ1v) is 4.76. The van der Waals surface area contributed by atoms with Gasteiger partial charge in [-0.3, -0.25) is 0 Å². The van der Waals surface area contributed by atoms with Crippen molar-refractivity contribution >= 4 is 5.71 Å². The van der Waals surface area contributed by atoms with Gasteiger partial charge in [-0.25, -0.2) is 0 Å². The van der Waals surface area contributed by atoms with Gasteiger partial charge < -0.3 is 9.94 Å². The van der Waals surface area contributed by atoms with Gasteiger partial charge in [-0.15, -0.1) is 0 Å². The van der Waals surface area contributed by atoms with Crippen molar-refractivity contribution < 1.29 is 9.94 Å². The summed E-state index contributed by atoms with van der Waals surface area (Å²) in [6.45, 7) is 0.638. The number of ether oxygens (including phenoxy) is 1. The van der Waals surface area contributed by atoms with Crippen LogP contribution < -0.4 is 0 Å². The Hall–Kier alpha value is -1.35. The Bertz CT molecular complexity index is 321. The number of benzene rings is 1. The van der Waals surface area contributed by atoms with Crippen LogP contribution in [0.25, 0.3) is 0 Å². The quantitative estimate of drug-likeness (QED) is 0.547. The molecule has 1 unspecified atom stereocenters. The van der Waals surface area contributed by atoms with Gasteiger partial charge >= 0.3 is 0 Å². The molecule has 3 heteroatoms. The third-order valence-corrected chi connectivity index (χ3v) is 2.44. The lowest BCUT2D eigenvalue weighted by atomic mass is 10.0. The number of hydrogen-bond donors (Lipinski definition) is 1. The van der Waals surface area contributed by atoms with Crippen molar-refractivity contribution in [1.82, 2.24) is 0 Å². The minimum atomic E-state index is 0.0517. The topological polar surface area (TPSA) is 41.8 Å². The molecule has 1 aromatic rings. The molecule has 0 spiro atoms. The highest BCUT2D eigenvalue weighted by molar-refractivity contribution is 5.85. The molecule has 1 fully saturated rings. The number of hydrogen-bond acceptors (Lipinski definition) is 3. The maximum atomic E-state index is 8.69. The van der Waals surface area contributed by atoms with Crippen LogP contribution >= 0.6 is 0 Å². The predicted octanol–water partition coefficient (Wildman–Crippen LogP) is 2.37. The van der Waals surface area contributed by atoms with Gasteiger partial charge in [0.2, 0.25) is 0 Å². The Balaban J connectivity index is 2.12. The molecule has 0 aromatic heterocycles. The Morgan fingerprint density at radius 2 is 2.07 bits per heavy atom. The molecular weight excluding hydrogens is 178 g/mol. The van der Waals surface area contributed by atoms with E-state index in [1.54, 1.807) is 0 Å². The summed E-state index contributed by atoms with van der Waals surface area (Å²) in [5.74, 6) is 0. The lowest BCUT2D eigenvalue weighted by molar-refractivity contribution is 0.0481. The molecule has 0 aliphatic carbocycles. The summed E-state index contributed by atoms with van der Waals surface area (Å²) in [6, 6.07) is 10.0. The van der Waals surface area contributed by atoms with E-state index >= 15 is 0 Å². The predicted molar refractivity (Wildman–Crippen MR) is 53.6 cm³/mol. The van der Waals surface area contributed by atoms with Crippen molar-refractivity contribution in [3.8, 4) is 0 Å². The second-order valence-electron chi connectivity index (χ2n) is 3.39. The van der Waals surface area contributed by atoms with Gasteiger partial charge in [0.05, 0.1) is 18.4 Å². The van der Waals surface area contributed by atoms with E-state index in [9.17, 15) is 0 Å². The molecule has 1 aliphatic heterocycles. The molecule has 1 atom stereocenters. The largest absolute Gasteiger partial charge is 0.411 e. The third-order valence-electron chi connectivity index (χ3n) is 2.44. The third kappa shape index (κ3) is 1.93. The molecule has 2 rings (SSSR count). The van der Waals surface area contributed by atoms with Gasteiger partial charge in [0.15, 0.2) is 0 Å². The van der Waals surface area contributed by atoms with E-state index in [1.807, 2.05) is 30.3 Å². The van der Waals surface area contributed by atoms with Crippen LogP contribution in [-0.2, 0) is 4.74 Å². The molecule has 0 amide bonds. The molecule has 1 aliphatic rings. The number of nitrogens with zero attached hydrogens (tertiary/aromatic N) is 1. The number of oxime groups is 1. The normalized spacial score (nSPS) is 25.1. The second-order valence-corrected chi connectivity index (χ2v) is 3.39. The maximum Gasteiger partial charge on any atom is 0.0878 e. The van der Waals surface area contributed by atoms with Crippen molar-refractivity contribution in [3.63, 3.8) is 0 Å². The Kier molecular flexibility index (Phi) is 2.79. The molecule has 1 heterocycles. The first-order chi connectivity index (χ1) is 6.90. The van der Waals surface area contributed by atoms with Gasteiger partial charge in [-0.05, 0) is 5.56 Å². The highest BCUT2D eigenvalue weighted by Crippen LogP contribution is 2.26. The van der Waals surface area contributed by atoms with Crippen molar-refractivity contribution in [2.75, 3.05) is 6.61 Å². The summed E-state index contributed by atoms with van der Waals surface area (Å²) < 4.78 is 5.60. The monoisotopic (exact) mass is 191 g/mol. The first kappa shape index (κ1) is 9.21. The Morgan fingerprint density at radius 3 is 2.79 bits per heavy atom. The fourth-order valence-electron chi connectivity index (χ4n) is 1.67. The van der Waals surface area contributed by atoms with Crippen LogP contribution in [0.4, 0.5) is 0 Å². The van der Waals surface area contributed by atoms with Crippen molar-refractivity contribution in [2.45, 2.75) is 18.9 Å². The van der Waals surface area contributed by atoms with E-state index in [1.165, 1.54) is 0 Å². The zero-order valence-electron chi connectivity index (χ0n) is 7.89. The summed E-state index contributed by atoms with van der Waals surface area (Å²) in [7, 11) is 0. The summed E-state index contributed by atoms with van der Waals surface area (Å²) in [5.41, 5.74) is 1.97.